The quantitative estimate of drug-likeness (QED) is 0.671. The van der Waals surface area contributed by atoms with Crippen molar-refractivity contribution in [2.45, 2.75) is 19.8 Å². The first kappa shape index (κ1) is 16.1. The Hall–Kier alpha value is -2.77. The molecule has 3 heterocycles. The highest BCUT2D eigenvalue weighted by atomic mass is 16.5. The number of methoxy groups -OCH3 is 1. The Balaban J connectivity index is 1.96. The van der Waals surface area contributed by atoms with Gasteiger partial charge in [0.15, 0.2) is 0 Å². The van der Waals surface area contributed by atoms with E-state index in [1.165, 1.54) is 0 Å². The Labute approximate surface area is 140 Å². The highest BCUT2D eigenvalue weighted by molar-refractivity contribution is 5.93. The number of aryl methyl sites for hydroxylation is 2. The number of unbranched alkanes of at least 4 members (excludes halogenated alkanes) is 1. The number of nitrogens with zero attached hydrogens (tertiary/aromatic N) is 5. The van der Waals surface area contributed by atoms with E-state index in [0.29, 0.717) is 18.4 Å². The SMILES string of the molecule is CCCCOc1ncc(Nc2cn(C)nc2OC)c2ncn(C)c12. The summed E-state index contributed by atoms with van der Waals surface area (Å²) in [6.07, 6.45) is 7.40. The molecular weight excluding hydrogens is 308 g/mol. The fourth-order valence-electron chi connectivity index (χ4n) is 2.48. The predicted octanol–water partition coefficient (Wildman–Crippen LogP) is 2.63. The molecule has 0 fully saturated rings. The Morgan fingerprint density at radius 1 is 1.17 bits per heavy atom. The number of aromatic nitrogens is 5. The molecule has 3 aromatic heterocycles. The molecule has 0 amide bonds. The van der Waals surface area contributed by atoms with Crippen LogP contribution in [0.5, 0.6) is 11.8 Å². The second-order valence-corrected chi connectivity index (χ2v) is 5.58. The molecular formula is C16H22N6O2. The standard InChI is InChI=1S/C16H22N6O2/c1-5-6-7-24-16-14-13(18-10-21(14)2)11(8-17-16)19-12-9-22(3)20-15(12)23-4/h8-10,19H,5-7H2,1-4H3. The molecule has 3 aromatic rings. The number of ether oxygens (including phenoxy) is 2. The normalized spacial score (nSPS) is 11.0. The van der Waals surface area contributed by atoms with Crippen molar-refractivity contribution in [2.75, 3.05) is 19.0 Å². The topological polar surface area (TPSA) is 79.0 Å². The molecule has 0 unspecified atom stereocenters. The van der Waals surface area contributed by atoms with Crippen LogP contribution in [0.3, 0.4) is 0 Å². The predicted molar refractivity (Wildman–Crippen MR) is 92.0 cm³/mol. The molecule has 8 heteroatoms. The zero-order valence-corrected chi connectivity index (χ0v) is 14.4. The average Bonchev–Trinajstić information content (AvgIpc) is 3.13. The number of hydrogen-bond donors (Lipinski definition) is 1. The van der Waals surface area contributed by atoms with E-state index in [-0.39, 0.29) is 0 Å². The third kappa shape index (κ3) is 2.99. The zero-order valence-electron chi connectivity index (χ0n) is 14.4. The summed E-state index contributed by atoms with van der Waals surface area (Å²) in [5, 5.41) is 7.53. The van der Waals surface area contributed by atoms with Crippen molar-refractivity contribution in [3.63, 3.8) is 0 Å². The lowest BCUT2D eigenvalue weighted by atomic mass is 10.3. The average molecular weight is 330 g/mol. The summed E-state index contributed by atoms with van der Waals surface area (Å²) in [5.74, 6) is 1.12. The molecule has 0 aliphatic rings. The third-order valence-corrected chi connectivity index (χ3v) is 3.70. The lowest BCUT2D eigenvalue weighted by molar-refractivity contribution is 0.300. The largest absolute Gasteiger partial charge is 0.478 e. The number of anilines is 2. The van der Waals surface area contributed by atoms with Crippen LogP contribution in [0, 0.1) is 0 Å². The van der Waals surface area contributed by atoms with Gasteiger partial charge < -0.3 is 19.4 Å². The fraction of sp³-hybridized carbons (Fsp3) is 0.438. The maximum Gasteiger partial charge on any atom is 0.256 e. The molecule has 1 N–H and O–H groups in total. The van der Waals surface area contributed by atoms with Crippen molar-refractivity contribution in [1.82, 2.24) is 24.3 Å². The smallest absolute Gasteiger partial charge is 0.256 e. The Morgan fingerprint density at radius 2 is 2.00 bits per heavy atom. The molecule has 24 heavy (non-hydrogen) atoms. The lowest BCUT2D eigenvalue weighted by Crippen LogP contribution is -2.02. The molecule has 128 valence electrons. The zero-order chi connectivity index (χ0) is 17.1. The number of hydrogen-bond acceptors (Lipinski definition) is 6. The maximum atomic E-state index is 5.81. The van der Waals surface area contributed by atoms with Crippen LogP contribution in [0.25, 0.3) is 11.0 Å². The Kier molecular flexibility index (Phi) is 4.54. The fourth-order valence-corrected chi connectivity index (χ4v) is 2.48. The van der Waals surface area contributed by atoms with Crippen LogP contribution in [0.15, 0.2) is 18.7 Å². The molecule has 0 saturated carbocycles. The Morgan fingerprint density at radius 3 is 2.75 bits per heavy atom. The minimum atomic E-state index is 0.518. The summed E-state index contributed by atoms with van der Waals surface area (Å²) in [7, 11) is 5.36. The van der Waals surface area contributed by atoms with Gasteiger partial charge in [0, 0.05) is 14.1 Å². The van der Waals surface area contributed by atoms with Crippen LogP contribution < -0.4 is 14.8 Å². The second-order valence-electron chi connectivity index (χ2n) is 5.58. The number of rotatable bonds is 7. The van der Waals surface area contributed by atoms with Crippen LogP contribution in [0.4, 0.5) is 11.4 Å². The van der Waals surface area contributed by atoms with E-state index >= 15 is 0 Å². The monoisotopic (exact) mass is 330 g/mol. The van der Waals surface area contributed by atoms with E-state index in [1.807, 2.05) is 24.9 Å². The summed E-state index contributed by atoms with van der Waals surface area (Å²) < 4.78 is 14.7. The van der Waals surface area contributed by atoms with Gasteiger partial charge in [-0.1, -0.05) is 13.3 Å². The van der Waals surface area contributed by atoms with Gasteiger partial charge in [-0.25, -0.2) is 9.97 Å². The number of nitrogens with one attached hydrogen (secondary N) is 1. The van der Waals surface area contributed by atoms with Crippen molar-refractivity contribution in [3.8, 4) is 11.8 Å². The van der Waals surface area contributed by atoms with Crippen molar-refractivity contribution in [3.05, 3.63) is 18.7 Å². The van der Waals surface area contributed by atoms with Gasteiger partial charge in [0.05, 0.1) is 38.1 Å². The van der Waals surface area contributed by atoms with E-state index in [2.05, 4.69) is 27.3 Å². The number of fused-ring (bicyclic) bond motifs is 1. The van der Waals surface area contributed by atoms with E-state index < -0.39 is 0 Å². The van der Waals surface area contributed by atoms with Crippen molar-refractivity contribution in [1.29, 1.82) is 0 Å². The molecule has 3 rings (SSSR count). The number of pyridine rings is 1. The van der Waals surface area contributed by atoms with Gasteiger partial charge in [-0.3, -0.25) is 4.68 Å². The number of imidazole rings is 1. The molecule has 0 radical (unpaired) electrons. The molecule has 0 bridgehead atoms. The third-order valence-electron chi connectivity index (χ3n) is 3.70. The summed E-state index contributed by atoms with van der Waals surface area (Å²) in [5.41, 5.74) is 3.19. The van der Waals surface area contributed by atoms with Crippen LogP contribution in [0.2, 0.25) is 0 Å². The van der Waals surface area contributed by atoms with Crippen LogP contribution >= 0.6 is 0 Å². The van der Waals surface area contributed by atoms with E-state index in [4.69, 9.17) is 9.47 Å². The Bertz CT molecular complexity index is 839. The van der Waals surface area contributed by atoms with E-state index in [0.717, 1.165) is 35.2 Å². The first-order chi connectivity index (χ1) is 11.6. The summed E-state index contributed by atoms with van der Waals surface area (Å²) in [6.45, 7) is 2.78. The minimum absolute atomic E-state index is 0.518. The van der Waals surface area contributed by atoms with Crippen molar-refractivity contribution in [2.24, 2.45) is 14.1 Å². The highest BCUT2D eigenvalue weighted by Gasteiger charge is 2.16. The van der Waals surface area contributed by atoms with Gasteiger partial charge in [-0.05, 0) is 6.42 Å². The first-order valence-corrected chi connectivity index (χ1v) is 7.91. The molecule has 8 nitrogen and oxygen atoms in total. The summed E-state index contributed by atoms with van der Waals surface area (Å²) in [6, 6.07) is 0. The van der Waals surface area contributed by atoms with Gasteiger partial charge in [-0.2, -0.15) is 0 Å². The van der Waals surface area contributed by atoms with Gasteiger partial charge in [0.25, 0.3) is 5.88 Å². The molecule has 0 aromatic carbocycles. The lowest BCUT2D eigenvalue weighted by Gasteiger charge is -2.10. The van der Waals surface area contributed by atoms with Gasteiger partial charge in [0.1, 0.15) is 16.7 Å². The minimum Gasteiger partial charge on any atom is -0.478 e. The highest BCUT2D eigenvalue weighted by Crippen LogP contribution is 2.32. The van der Waals surface area contributed by atoms with Crippen molar-refractivity contribution < 1.29 is 9.47 Å². The molecule has 0 aliphatic carbocycles. The van der Waals surface area contributed by atoms with Crippen molar-refractivity contribution >= 4 is 22.4 Å². The maximum absolute atomic E-state index is 5.81. The van der Waals surface area contributed by atoms with Crippen LogP contribution in [-0.2, 0) is 14.1 Å². The first-order valence-electron chi connectivity index (χ1n) is 7.91. The van der Waals surface area contributed by atoms with Gasteiger partial charge in [-0.15, -0.1) is 5.10 Å². The molecule has 0 saturated heterocycles. The van der Waals surface area contributed by atoms with Gasteiger partial charge >= 0.3 is 0 Å². The summed E-state index contributed by atoms with van der Waals surface area (Å²) >= 11 is 0. The second kappa shape index (κ2) is 6.77. The van der Waals surface area contributed by atoms with E-state index in [1.54, 1.807) is 24.3 Å². The van der Waals surface area contributed by atoms with Crippen LogP contribution in [-0.4, -0.2) is 38.0 Å². The molecule has 0 spiro atoms. The molecule has 0 atom stereocenters. The van der Waals surface area contributed by atoms with Gasteiger partial charge in [0.2, 0.25) is 5.88 Å². The molecule has 0 aliphatic heterocycles. The van der Waals surface area contributed by atoms with Crippen LogP contribution in [0.1, 0.15) is 19.8 Å². The summed E-state index contributed by atoms with van der Waals surface area (Å²) in [4.78, 5) is 8.93. The van der Waals surface area contributed by atoms with E-state index in [9.17, 15) is 0 Å².